The number of nitrogens with zero attached hydrogens (tertiary/aromatic N) is 1. The normalized spacial score (nSPS) is 14.4. The summed E-state index contributed by atoms with van der Waals surface area (Å²) in [4.78, 5) is 26.4. The van der Waals surface area contributed by atoms with Crippen LogP contribution in [-0.4, -0.2) is 17.0 Å². The van der Waals surface area contributed by atoms with Gasteiger partial charge in [-0.1, -0.05) is 54.1 Å². The third kappa shape index (κ3) is 4.39. The number of anilines is 1. The van der Waals surface area contributed by atoms with Gasteiger partial charge in [-0.2, -0.15) is 0 Å². The summed E-state index contributed by atoms with van der Waals surface area (Å²) in [7, 11) is 0. The molecule has 5 nitrogen and oxygen atoms in total. The maximum absolute atomic E-state index is 13.3. The topological polar surface area (TPSA) is 83.6 Å². The average Bonchev–Trinajstić information content (AvgIpc) is 2.99. The van der Waals surface area contributed by atoms with Gasteiger partial charge in [0.2, 0.25) is 5.91 Å². The molecule has 3 aromatic carbocycles. The quantitative estimate of drug-likeness (QED) is 0.511. The number of carbonyl (C=O) groups is 2. The number of nitrogens with two attached hydrogens (primary N) is 1. The van der Waals surface area contributed by atoms with Crippen LogP contribution in [0.1, 0.15) is 52.0 Å². The molecule has 0 saturated carbocycles. The number of hydrogen-bond donors (Lipinski definition) is 2. The van der Waals surface area contributed by atoms with Crippen LogP contribution in [0.2, 0.25) is 5.02 Å². The van der Waals surface area contributed by atoms with Crippen molar-refractivity contribution in [2.75, 3.05) is 4.90 Å². The van der Waals surface area contributed by atoms with E-state index in [2.05, 4.69) is 6.07 Å². The van der Waals surface area contributed by atoms with Crippen LogP contribution in [0.25, 0.3) is 0 Å². The second-order valence-corrected chi connectivity index (χ2v) is 9.36. The fourth-order valence-electron chi connectivity index (χ4n) is 4.49. The molecule has 1 aliphatic heterocycles. The van der Waals surface area contributed by atoms with Crippen LogP contribution in [0.4, 0.5) is 5.69 Å². The Morgan fingerprint density at radius 2 is 1.73 bits per heavy atom. The monoisotopic (exact) mass is 462 g/mol. The lowest BCUT2D eigenvalue weighted by atomic mass is 9.86. The number of aromatic carboxylic acids is 1. The highest BCUT2D eigenvalue weighted by Crippen LogP contribution is 2.43. The van der Waals surface area contributed by atoms with Crippen molar-refractivity contribution >= 4 is 29.2 Å². The van der Waals surface area contributed by atoms with Crippen LogP contribution in [0.3, 0.4) is 0 Å². The lowest BCUT2D eigenvalue weighted by molar-refractivity contribution is -0.122. The van der Waals surface area contributed by atoms with E-state index in [1.807, 2.05) is 50.2 Å². The molecule has 3 N–H and O–H groups in total. The smallest absolute Gasteiger partial charge is 0.335 e. The minimum atomic E-state index is -1.02. The molecule has 0 atom stereocenters. The fraction of sp³-hybridized carbons (Fsp3) is 0.259. The van der Waals surface area contributed by atoms with E-state index in [0.29, 0.717) is 17.3 Å². The Morgan fingerprint density at radius 3 is 2.42 bits per heavy atom. The molecule has 0 aliphatic carbocycles. The molecule has 4 rings (SSSR count). The van der Waals surface area contributed by atoms with Crippen molar-refractivity contribution in [2.24, 2.45) is 5.73 Å². The lowest BCUT2D eigenvalue weighted by Crippen LogP contribution is -2.35. The number of aryl methyl sites for hydroxylation is 2. The number of carboxylic acid groups (broad SMARTS) is 1. The van der Waals surface area contributed by atoms with Gasteiger partial charge in [0.05, 0.1) is 17.5 Å². The van der Waals surface area contributed by atoms with Gasteiger partial charge in [-0.05, 0) is 72.7 Å². The first kappa shape index (κ1) is 23.0. The van der Waals surface area contributed by atoms with Gasteiger partial charge in [0.25, 0.3) is 0 Å². The molecular formula is C27H27ClN2O3. The highest BCUT2D eigenvalue weighted by molar-refractivity contribution is 6.31. The summed E-state index contributed by atoms with van der Waals surface area (Å²) in [5, 5.41) is 10.0. The zero-order chi connectivity index (χ0) is 23.8. The number of amides is 1. The molecule has 0 fully saturated rings. The summed E-state index contributed by atoms with van der Waals surface area (Å²) in [6, 6.07) is 18.9. The third-order valence-corrected chi connectivity index (χ3v) is 6.82. The van der Waals surface area contributed by atoms with Crippen molar-refractivity contribution in [1.29, 1.82) is 0 Å². The van der Waals surface area contributed by atoms with E-state index < -0.39 is 11.4 Å². The zero-order valence-corrected chi connectivity index (χ0v) is 19.5. The highest BCUT2D eigenvalue weighted by Gasteiger charge is 2.44. The van der Waals surface area contributed by atoms with E-state index in [9.17, 15) is 14.7 Å². The summed E-state index contributed by atoms with van der Waals surface area (Å²) < 4.78 is 0. The van der Waals surface area contributed by atoms with Gasteiger partial charge in [0, 0.05) is 17.3 Å². The standard InChI is InChI=1S/C27H27ClN2O3/c1-27(2)22-11-10-19(25(31)32)14-24(22)30(26(27)33)16-21-13-17(8-12-23(21)28)7-9-18-5-3-4-6-20(18)15-29/h3-6,8,10-14H,7,9,15-16,29H2,1-2H3,(H,31,32). The summed E-state index contributed by atoms with van der Waals surface area (Å²) in [5.74, 6) is -1.09. The molecule has 33 heavy (non-hydrogen) atoms. The van der Waals surface area contributed by atoms with Crippen molar-refractivity contribution in [3.63, 3.8) is 0 Å². The van der Waals surface area contributed by atoms with Gasteiger partial charge in [0.15, 0.2) is 0 Å². The Kier molecular flexibility index (Phi) is 6.28. The van der Waals surface area contributed by atoms with Crippen molar-refractivity contribution in [3.8, 4) is 0 Å². The fourth-order valence-corrected chi connectivity index (χ4v) is 4.67. The van der Waals surface area contributed by atoms with E-state index in [1.165, 1.54) is 5.56 Å². The van der Waals surface area contributed by atoms with Gasteiger partial charge in [-0.25, -0.2) is 4.79 Å². The molecule has 6 heteroatoms. The predicted molar refractivity (Wildman–Crippen MR) is 131 cm³/mol. The maximum atomic E-state index is 13.3. The molecule has 0 spiro atoms. The molecule has 3 aromatic rings. The molecule has 170 valence electrons. The van der Waals surface area contributed by atoms with Crippen LogP contribution < -0.4 is 10.6 Å². The Hall–Kier alpha value is -3.15. The van der Waals surface area contributed by atoms with Gasteiger partial charge in [-0.15, -0.1) is 0 Å². The Morgan fingerprint density at radius 1 is 1.00 bits per heavy atom. The molecule has 0 saturated heterocycles. The first-order valence-electron chi connectivity index (χ1n) is 11.0. The van der Waals surface area contributed by atoms with Gasteiger partial charge < -0.3 is 15.7 Å². The van der Waals surface area contributed by atoms with Crippen molar-refractivity contribution in [1.82, 2.24) is 0 Å². The SMILES string of the molecule is CC1(C)C(=O)N(Cc2cc(CCc3ccccc3CN)ccc2Cl)c2cc(C(=O)O)ccc21. The lowest BCUT2D eigenvalue weighted by Gasteiger charge is -2.21. The maximum Gasteiger partial charge on any atom is 0.335 e. The number of carbonyl (C=O) groups excluding carboxylic acids is 1. The first-order valence-corrected chi connectivity index (χ1v) is 11.3. The molecule has 1 heterocycles. The van der Waals surface area contributed by atoms with E-state index in [1.54, 1.807) is 23.1 Å². The number of rotatable bonds is 7. The van der Waals surface area contributed by atoms with E-state index in [-0.39, 0.29) is 18.0 Å². The number of halogens is 1. The van der Waals surface area contributed by atoms with Crippen LogP contribution in [0.15, 0.2) is 60.7 Å². The van der Waals surface area contributed by atoms with Crippen LogP contribution in [-0.2, 0) is 36.1 Å². The Balaban J connectivity index is 1.61. The molecule has 0 aromatic heterocycles. The van der Waals surface area contributed by atoms with Gasteiger partial charge >= 0.3 is 5.97 Å². The summed E-state index contributed by atoms with van der Waals surface area (Å²) in [6.07, 6.45) is 1.68. The Bertz CT molecular complexity index is 1240. The number of benzene rings is 3. The van der Waals surface area contributed by atoms with Crippen molar-refractivity contribution in [2.45, 2.75) is 45.2 Å². The largest absolute Gasteiger partial charge is 0.478 e. The van der Waals surface area contributed by atoms with E-state index >= 15 is 0 Å². The average molecular weight is 463 g/mol. The highest BCUT2D eigenvalue weighted by atomic mass is 35.5. The van der Waals surface area contributed by atoms with Crippen LogP contribution >= 0.6 is 11.6 Å². The van der Waals surface area contributed by atoms with E-state index in [0.717, 1.165) is 35.1 Å². The summed E-state index contributed by atoms with van der Waals surface area (Å²) in [6.45, 7) is 4.51. The van der Waals surface area contributed by atoms with E-state index in [4.69, 9.17) is 17.3 Å². The number of fused-ring (bicyclic) bond motifs is 1. The molecule has 0 unspecified atom stereocenters. The number of carboxylic acids is 1. The Labute approximate surface area is 198 Å². The third-order valence-electron chi connectivity index (χ3n) is 6.45. The second kappa shape index (κ2) is 9.00. The molecule has 0 radical (unpaired) electrons. The molecule has 1 amide bonds. The van der Waals surface area contributed by atoms with Crippen molar-refractivity contribution < 1.29 is 14.7 Å². The molecule has 1 aliphatic rings. The molecular weight excluding hydrogens is 436 g/mol. The second-order valence-electron chi connectivity index (χ2n) is 8.95. The minimum absolute atomic E-state index is 0.0709. The first-order chi connectivity index (χ1) is 15.7. The predicted octanol–water partition coefficient (Wildman–Crippen LogP) is 5.11. The minimum Gasteiger partial charge on any atom is -0.478 e. The van der Waals surface area contributed by atoms with Gasteiger partial charge in [-0.3, -0.25) is 4.79 Å². The van der Waals surface area contributed by atoms with Crippen LogP contribution in [0.5, 0.6) is 0 Å². The number of hydrogen-bond acceptors (Lipinski definition) is 3. The zero-order valence-electron chi connectivity index (χ0n) is 18.8. The summed E-state index contributed by atoms with van der Waals surface area (Å²) in [5.41, 5.74) is 11.1. The van der Waals surface area contributed by atoms with Crippen molar-refractivity contribution in [3.05, 3.63) is 99.1 Å². The summed E-state index contributed by atoms with van der Waals surface area (Å²) >= 11 is 6.52. The van der Waals surface area contributed by atoms with Crippen LogP contribution in [0, 0.1) is 0 Å². The van der Waals surface area contributed by atoms with Gasteiger partial charge in [0.1, 0.15) is 0 Å². The molecule has 0 bridgehead atoms.